The van der Waals surface area contributed by atoms with Crippen LogP contribution in [0, 0.1) is 0 Å². The first-order valence-electron chi connectivity index (χ1n) is 7.90. The summed E-state index contributed by atoms with van der Waals surface area (Å²) in [6.45, 7) is 6.46. The lowest BCUT2D eigenvalue weighted by atomic mass is 10.3. The van der Waals surface area contributed by atoms with Crippen molar-refractivity contribution in [2.45, 2.75) is 31.6 Å². The van der Waals surface area contributed by atoms with Crippen LogP contribution in [-0.2, 0) is 10.0 Å². The van der Waals surface area contributed by atoms with Crippen molar-refractivity contribution < 1.29 is 8.42 Å². The Labute approximate surface area is 139 Å². The van der Waals surface area contributed by atoms with Gasteiger partial charge in [-0.15, -0.1) is 0 Å². The fourth-order valence-electron chi connectivity index (χ4n) is 1.90. The zero-order valence-electron chi connectivity index (χ0n) is 14.1. The summed E-state index contributed by atoms with van der Waals surface area (Å²) in [4.78, 5) is 10.5. The van der Waals surface area contributed by atoms with E-state index in [1.165, 1.54) is 18.5 Å². The van der Waals surface area contributed by atoms with Crippen LogP contribution in [0.4, 0.5) is 0 Å². The zero-order valence-corrected chi connectivity index (χ0v) is 14.9. The number of unbranched alkanes of at least 4 members (excludes halogenated alkanes) is 1. The molecule has 0 aliphatic heterocycles. The second-order valence-electron chi connectivity index (χ2n) is 5.10. The van der Waals surface area contributed by atoms with Gasteiger partial charge in [0, 0.05) is 39.1 Å². The normalized spacial score (nSPS) is 12.2. The number of aromatic nitrogens is 1. The first-order chi connectivity index (χ1) is 11.0. The predicted octanol–water partition coefficient (Wildman–Crippen LogP) is 1.06. The van der Waals surface area contributed by atoms with E-state index in [9.17, 15) is 8.42 Å². The largest absolute Gasteiger partial charge is 0.357 e. The number of nitrogens with zero attached hydrogens (tertiary/aromatic N) is 3. The Morgan fingerprint density at radius 3 is 2.78 bits per heavy atom. The average Bonchev–Trinajstić information content (AvgIpc) is 2.56. The van der Waals surface area contributed by atoms with E-state index >= 15 is 0 Å². The van der Waals surface area contributed by atoms with Crippen molar-refractivity contribution in [1.82, 2.24) is 19.9 Å². The third-order valence-corrected chi connectivity index (χ3v) is 4.60. The molecule has 0 saturated heterocycles. The fraction of sp³-hybridized carbons (Fsp3) is 0.600. The number of sulfonamides is 1. The van der Waals surface area contributed by atoms with Gasteiger partial charge in [-0.2, -0.15) is 0 Å². The molecule has 2 N–H and O–H groups in total. The Hall–Kier alpha value is -1.67. The number of pyridine rings is 1. The molecule has 130 valence electrons. The minimum absolute atomic E-state index is 0.163. The molecule has 7 nitrogen and oxygen atoms in total. The van der Waals surface area contributed by atoms with Gasteiger partial charge in [0.1, 0.15) is 4.90 Å². The number of nitrogens with one attached hydrogen (secondary N) is 2. The highest BCUT2D eigenvalue weighted by molar-refractivity contribution is 7.89. The van der Waals surface area contributed by atoms with Gasteiger partial charge in [-0.3, -0.25) is 9.98 Å². The van der Waals surface area contributed by atoms with Crippen LogP contribution in [0.15, 0.2) is 34.4 Å². The van der Waals surface area contributed by atoms with E-state index in [4.69, 9.17) is 0 Å². The lowest BCUT2D eigenvalue weighted by molar-refractivity contribution is 0.465. The molecule has 23 heavy (non-hydrogen) atoms. The van der Waals surface area contributed by atoms with Crippen LogP contribution in [0.1, 0.15) is 26.7 Å². The first-order valence-corrected chi connectivity index (χ1v) is 9.38. The standard InChI is InChI=1S/C15H27N5O2S/c1-4-6-12-20(3)15(17-5-2)18-10-11-19-23(21,22)14-8-7-9-16-13-14/h7-9,13,19H,4-6,10-12H2,1-3H3,(H,17,18). The molecule has 8 heteroatoms. The van der Waals surface area contributed by atoms with Crippen molar-refractivity contribution >= 4 is 16.0 Å². The molecule has 0 saturated carbocycles. The summed E-state index contributed by atoms with van der Waals surface area (Å²) in [6.07, 6.45) is 5.08. The van der Waals surface area contributed by atoms with E-state index in [-0.39, 0.29) is 11.4 Å². The molecule has 1 aromatic heterocycles. The van der Waals surface area contributed by atoms with Crippen molar-refractivity contribution in [3.05, 3.63) is 24.5 Å². The van der Waals surface area contributed by atoms with Crippen LogP contribution in [0.25, 0.3) is 0 Å². The molecular weight excluding hydrogens is 314 g/mol. The smallest absolute Gasteiger partial charge is 0.242 e. The van der Waals surface area contributed by atoms with E-state index in [1.807, 2.05) is 14.0 Å². The molecule has 0 aliphatic carbocycles. The summed E-state index contributed by atoms with van der Waals surface area (Å²) in [5, 5.41) is 3.21. The first kappa shape index (κ1) is 19.4. The molecule has 0 radical (unpaired) electrons. The number of guanidine groups is 1. The van der Waals surface area contributed by atoms with Crippen molar-refractivity contribution in [3.63, 3.8) is 0 Å². The maximum Gasteiger partial charge on any atom is 0.242 e. The number of hydrogen-bond acceptors (Lipinski definition) is 4. The minimum Gasteiger partial charge on any atom is -0.357 e. The number of rotatable bonds is 9. The van der Waals surface area contributed by atoms with Crippen molar-refractivity contribution in [1.29, 1.82) is 0 Å². The Kier molecular flexibility index (Phi) is 8.57. The monoisotopic (exact) mass is 341 g/mol. The average molecular weight is 341 g/mol. The van der Waals surface area contributed by atoms with E-state index in [0.717, 1.165) is 31.9 Å². The molecule has 0 unspecified atom stereocenters. The van der Waals surface area contributed by atoms with E-state index < -0.39 is 10.0 Å². The van der Waals surface area contributed by atoms with E-state index in [1.54, 1.807) is 6.07 Å². The SMILES string of the molecule is CCCCN(C)C(=NCCNS(=O)(=O)c1cccnc1)NCC. The molecular formula is C15H27N5O2S. The maximum absolute atomic E-state index is 12.1. The third-order valence-electron chi connectivity index (χ3n) is 3.15. The Morgan fingerprint density at radius 1 is 1.39 bits per heavy atom. The van der Waals surface area contributed by atoms with Gasteiger partial charge in [0.25, 0.3) is 0 Å². The van der Waals surface area contributed by atoms with Crippen LogP contribution in [0.2, 0.25) is 0 Å². The van der Waals surface area contributed by atoms with Crippen LogP contribution in [0.5, 0.6) is 0 Å². The van der Waals surface area contributed by atoms with Gasteiger partial charge >= 0.3 is 0 Å². The van der Waals surface area contributed by atoms with Crippen LogP contribution >= 0.6 is 0 Å². The molecule has 0 aliphatic rings. The third kappa shape index (κ3) is 6.96. The Bertz CT molecular complexity index is 575. The van der Waals surface area contributed by atoms with Crippen molar-refractivity contribution in [2.24, 2.45) is 4.99 Å². The van der Waals surface area contributed by atoms with Crippen molar-refractivity contribution in [3.8, 4) is 0 Å². The van der Waals surface area contributed by atoms with E-state index in [0.29, 0.717) is 6.54 Å². The van der Waals surface area contributed by atoms with Gasteiger partial charge in [0.2, 0.25) is 10.0 Å². The van der Waals surface area contributed by atoms with Crippen LogP contribution < -0.4 is 10.0 Å². The molecule has 1 heterocycles. The lowest BCUT2D eigenvalue weighted by Gasteiger charge is -2.21. The van der Waals surface area contributed by atoms with Gasteiger partial charge in [-0.25, -0.2) is 13.1 Å². The van der Waals surface area contributed by atoms with Gasteiger partial charge in [-0.05, 0) is 25.5 Å². The van der Waals surface area contributed by atoms with Crippen LogP contribution in [0.3, 0.4) is 0 Å². The van der Waals surface area contributed by atoms with Gasteiger partial charge in [0.05, 0.1) is 6.54 Å². The quantitative estimate of drug-likeness (QED) is 0.398. The summed E-state index contributed by atoms with van der Waals surface area (Å²) in [5.41, 5.74) is 0. The molecule has 0 amide bonds. The summed E-state index contributed by atoms with van der Waals surface area (Å²) in [5.74, 6) is 0.793. The Morgan fingerprint density at radius 2 is 2.17 bits per heavy atom. The second kappa shape index (κ2) is 10.2. The van der Waals surface area contributed by atoms with E-state index in [2.05, 4.69) is 31.8 Å². The molecule has 0 atom stereocenters. The summed E-state index contributed by atoms with van der Waals surface area (Å²) in [6, 6.07) is 3.11. The summed E-state index contributed by atoms with van der Waals surface area (Å²) < 4.78 is 26.6. The number of aliphatic imine (C=N–C) groups is 1. The molecule has 0 bridgehead atoms. The van der Waals surface area contributed by atoms with Gasteiger partial charge in [0.15, 0.2) is 5.96 Å². The highest BCUT2D eigenvalue weighted by Crippen LogP contribution is 2.04. The zero-order chi connectivity index (χ0) is 17.1. The summed E-state index contributed by atoms with van der Waals surface area (Å²) >= 11 is 0. The van der Waals surface area contributed by atoms with Crippen LogP contribution in [-0.4, -0.2) is 57.5 Å². The molecule has 0 fully saturated rings. The molecule has 1 rings (SSSR count). The highest BCUT2D eigenvalue weighted by Gasteiger charge is 2.12. The summed E-state index contributed by atoms with van der Waals surface area (Å²) in [7, 11) is -1.54. The van der Waals surface area contributed by atoms with Gasteiger partial charge in [-0.1, -0.05) is 13.3 Å². The molecule has 0 aromatic carbocycles. The predicted molar refractivity (Wildman–Crippen MR) is 92.9 cm³/mol. The lowest BCUT2D eigenvalue weighted by Crippen LogP contribution is -2.40. The highest BCUT2D eigenvalue weighted by atomic mass is 32.2. The second-order valence-corrected chi connectivity index (χ2v) is 6.86. The molecule has 1 aromatic rings. The van der Waals surface area contributed by atoms with Gasteiger partial charge < -0.3 is 10.2 Å². The topological polar surface area (TPSA) is 86.7 Å². The number of hydrogen-bond donors (Lipinski definition) is 2. The minimum atomic E-state index is -3.52. The maximum atomic E-state index is 12.1. The Balaban J connectivity index is 2.54. The van der Waals surface area contributed by atoms with Crippen molar-refractivity contribution in [2.75, 3.05) is 33.2 Å². The molecule has 0 spiro atoms. The fourth-order valence-corrected chi connectivity index (χ4v) is 2.89.